The van der Waals surface area contributed by atoms with Gasteiger partial charge in [-0.1, -0.05) is 23.7 Å². The highest BCUT2D eigenvalue weighted by Crippen LogP contribution is 2.30. The summed E-state index contributed by atoms with van der Waals surface area (Å²) in [6.07, 6.45) is 4.59. The zero-order valence-electron chi connectivity index (χ0n) is 13.6. The summed E-state index contributed by atoms with van der Waals surface area (Å²) in [7, 11) is 0. The smallest absolute Gasteiger partial charge is 0.139 e. The van der Waals surface area contributed by atoms with E-state index < -0.39 is 0 Å². The lowest BCUT2D eigenvalue weighted by Crippen LogP contribution is -2.19. The number of nitrogens with one attached hydrogen (secondary N) is 1. The summed E-state index contributed by atoms with van der Waals surface area (Å²) in [6, 6.07) is 12.0. The van der Waals surface area contributed by atoms with Gasteiger partial charge in [0.15, 0.2) is 0 Å². The van der Waals surface area contributed by atoms with Gasteiger partial charge in [-0.05, 0) is 49.6 Å². The Labute approximate surface area is 146 Å². The molecule has 1 fully saturated rings. The number of pyridine rings is 1. The van der Waals surface area contributed by atoms with E-state index in [0.717, 1.165) is 53.7 Å². The average molecular weight is 342 g/mol. The van der Waals surface area contributed by atoms with Crippen LogP contribution >= 0.6 is 11.6 Å². The predicted octanol–water partition coefficient (Wildman–Crippen LogP) is 4.55. The molecular weight excluding hydrogens is 322 g/mol. The molecule has 1 atom stereocenters. The molecule has 4 nitrogen and oxygen atoms in total. The van der Waals surface area contributed by atoms with E-state index in [9.17, 15) is 0 Å². The zero-order valence-corrected chi connectivity index (χ0v) is 14.4. The van der Waals surface area contributed by atoms with Crippen molar-refractivity contribution in [2.45, 2.75) is 25.9 Å². The molecular formula is C19H20ClN3O. The summed E-state index contributed by atoms with van der Waals surface area (Å²) in [5, 5.41) is 4.28. The SMILES string of the molecule is Cc1ccn2c(NC[C@@H]3CCCO3)c(-c3ccc(Cl)cc3)nc2c1. The summed E-state index contributed by atoms with van der Waals surface area (Å²) < 4.78 is 7.84. The lowest BCUT2D eigenvalue weighted by molar-refractivity contribution is 0.120. The highest BCUT2D eigenvalue weighted by Gasteiger charge is 2.18. The van der Waals surface area contributed by atoms with Crippen molar-refractivity contribution in [1.29, 1.82) is 0 Å². The minimum Gasteiger partial charge on any atom is -0.376 e. The fraction of sp³-hybridized carbons (Fsp3) is 0.316. The topological polar surface area (TPSA) is 38.6 Å². The fourth-order valence-corrected chi connectivity index (χ4v) is 3.27. The third-order valence-electron chi connectivity index (χ3n) is 4.42. The van der Waals surface area contributed by atoms with E-state index >= 15 is 0 Å². The van der Waals surface area contributed by atoms with Crippen LogP contribution in [0, 0.1) is 6.92 Å². The maximum atomic E-state index is 6.03. The van der Waals surface area contributed by atoms with Crippen LogP contribution in [0.25, 0.3) is 16.9 Å². The van der Waals surface area contributed by atoms with Crippen molar-refractivity contribution >= 4 is 23.1 Å². The second kappa shape index (κ2) is 6.46. The summed E-state index contributed by atoms with van der Waals surface area (Å²) >= 11 is 6.03. The van der Waals surface area contributed by atoms with Gasteiger partial charge in [-0.25, -0.2) is 4.98 Å². The van der Waals surface area contributed by atoms with Gasteiger partial charge < -0.3 is 10.1 Å². The number of aromatic nitrogens is 2. The molecule has 0 amide bonds. The van der Waals surface area contributed by atoms with Crippen LogP contribution in [0.4, 0.5) is 5.82 Å². The predicted molar refractivity (Wildman–Crippen MR) is 97.8 cm³/mol. The number of aryl methyl sites for hydroxylation is 1. The van der Waals surface area contributed by atoms with Crippen LogP contribution in [-0.4, -0.2) is 28.6 Å². The third kappa shape index (κ3) is 2.99. The molecule has 5 heteroatoms. The van der Waals surface area contributed by atoms with E-state index in [1.807, 2.05) is 24.3 Å². The maximum absolute atomic E-state index is 6.03. The van der Waals surface area contributed by atoms with Gasteiger partial charge >= 0.3 is 0 Å². The molecule has 4 rings (SSSR count). The van der Waals surface area contributed by atoms with Gasteiger partial charge in [0.2, 0.25) is 0 Å². The Morgan fingerprint density at radius 3 is 2.88 bits per heavy atom. The van der Waals surface area contributed by atoms with Crippen LogP contribution in [0.3, 0.4) is 0 Å². The first-order valence-corrected chi connectivity index (χ1v) is 8.68. The summed E-state index contributed by atoms with van der Waals surface area (Å²) in [6.45, 7) is 3.74. The van der Waals surface area contributed by atoms with E-state index in [1.165, 1.54) is 5.56 Å². The molecule has 3 heterocycles. The average Bonchev–Trinajstić information content (AvgIpc) is 3.20. The lowest BCUT2D eigenvalue weighted by atomic mass is 10.1. The highest BCUT2D eigenvalue weighted by atomic mass is 35.5. The van der Waals surface area contributed by atoms with Crippen LogP contribution < -0.4 is 5.32 Å². The number of ether oxygens (including phenoxy) is 1. The zero-order chi connectivity index (χ0) is 16.5. The molecule has 0 spiro atoms. The monoisotopic (exact) mass is 341 g/mol. The molecule has 1 saturated heterocycles. The van der Waals surface area contributed by atoms with Gasteiger partial charge in [-0.3, -0.25) is 4.40 Å². The van der Waals surface area contributed by atoms with Crippen molar-refractivity contribution in [3.05, 3.63) is 53.2 Å². The molecule has 0 unspecified atom stereocenters. The standard InChI is InChI=1S/C19H20ClN3O/c1-13-8-9-23-17(11-13)22-18(14-4-6-15(20)7-5-14)19(23)21-12-16-3-2-10-24-16/h4-9,11,16,21H,2-3,10,12H2,1H3/t16-/m0/s1. The Balaban J connectivity index is 1.75. The number of fused-ring (bicyclic) bond motifs is 1. The summed E-state index contributed by atoms with van der Waals surface area (Å²) in [5.74, 6) is 1.00. The first kappa shape index (κ1) is 15.5. The Morgan fingerprint density at radius 1 is 1.29 bits per heavy atom. The molecule has 2 aromatic heterocycles. The second-order valence-electron chi connectivity index (χ2n) is 6.26. The second-order valence-corrected chi connectivity index (χ2v) is 6.70. The minimum atomic E-state index is 0.277. The van der Waals surface area contributed by atoms with Crippen LogP contribution in [0.15, 0.2) is 42.6 Å². The molecule has 1 N–H and O–H groups in total. The Kier molecular flexibility index (Phi) is 4.17. The van der Waals surface area contributed by atoms with E-state index in [-0.39, 0.29) is 6.10 Å². The summed E-state index contributed by atoms with van der Waals surface area (Å²) in [5.41, 5.74) is 4.13. The number of anilines is 1. The molecule has 1 aliphatic heterocycles. The molecule has 0 bridgehead atoms. The Bertz CT molecular complexity index is 851. The number of hydrogen-bond donors (Lipinski definition) is 1. The molecule has 124 valence electrons. The van der Waals surface area contributed by atoms with E-state index in [1.54, 1.807) is 0 Å². The van der Waals surface area contributed by atoms with Crippen LogP contribution in [0.1, 0.15) is 18.4 Å². The molecule has 0 radical (unpaired) electrons. The fourth-order valence-electron chi connectivity index (χ4n) is 3.14. The van der Waals surface area contributed by atoms with E-state index in [0.29, 0.717) is 0 Å². The summed E-state index contributed by atoms with van der Waals surface area (Å²) in [4.78, 5) is 4.84. The van der Waals surface area contributed by atoms with Crippen molar-refractivity contribution in [2.75, 3.05) is 18.5 Å². The molecule has 24 heavy (non-hydrogen) atoms. The number of nitrogens with zero attached hydrogens (tertiary/aromatic N) is 2. The van der Waals surface area contributed by atoms with Gasteiger partial charge in [-0.15, -0.1) is 0 Å². The molecule has 1 aromatic carbocycles. The van der Waals surface area contributed by atoms with Crippen molar-refractivity contribution in [1.82, 2.24) is 9.38 Å². The number of hydrogen-bond acceptors (Lipinski definition) is 3. The lowest BCUT2D eigenvalue weighted by Gasteiger charge is -2.13. The quantitative estimate of drug-likeness (QED) is 0.756. The van der Waals surface area contributed by atoms with E-state index in [2.05, 4.69) is 35.0 Å². The van der Waals surface area contributed by atoms with Crippen molar-refractivity contribution in [3.8, 4) is 11.3 Å². The van der Waals surface area contributed by atoms with Crippen molar-refractivity contribution in [3.63, 3.8) is 0 Å². The van der Waals surface area contributed by atoms with Gasteiger partial charge in [0, 0.05) is 29.9 Å². The third-order valence-corrected chi connectivity index (χ3v) is 4.67. The first-order chi connectivity index (χ1) is 11.7. The number of rotatable bonds is 4. The van der Waals surface area contributed by atoms with Gasteiger partial charge in [-0.2, -0.15) is 0 Å². The van der Waals surface area contributed by atoms with Gasteiger partial charge in [0.05, 0.1) is 6.10 Å². The number of benzene rings is 1. The minimum absolute atomic E-state index is 0.277. The van der Waals surface area contributed by atoms with Gasteiger partial charge in [0.1, 0.15) is 17.2 Å². The Hall–Kier alpha value is -2.04. The normalized spacial score (nSPS) is 17.5. The van der Waals surface area contributed by atoms with Crippen molar-refractivity contribution < 1.29 is 4.74 Å². The largest absolute Gasteiger partial charge is 0.376 e. The first-order valence-electron chi connectivity index (χ1n) is 8.31. The van der Waals surface area contributed by atoms with Crippen molar-refractivity contribution in [2.24, 2.45) is 0 Å². The Morgan fingerprint density at radius 2 is 2.12 bits per heavy atom. The highest BCUT2D eigenvalue weighted by molar-refractivity contribution is 6.30. The molecule has 0 aliphatic carbocycles. The molecule has 0 saturated carbocycles. The van der Waals surface area contributed by atoms with Crippen LogP contribution in [-0.2, 0) is 4.74 Å². The van der Waals surface area contributed by atoms with E-state index in [4.69, 9.17) is 21.3 Å². The number of imidazole rings is 1. The van der Waals surface area contributed by atoms with Crippen LogP contribution in [0.2, 0.25) is 5.02 Å². The van der Waals surface area contributed by atoms with Crippen LogP contribution in [0.5, 0.6) is 0 Å². The van der Waals surface area contributed by atoms with Gasteiger partial charge in [0.25, 0.3) is 0 Å². The molecule has 3 aromatic rings. The maximum Gasteiger partial charge on any atom is 0.139 e. The number of halogens is 1. The molecule has 1 aliphatic rings.